The average Bonchev–Trinajstić information content (AvgIpc) is 2.77. The van der Waals surface area contributed by atoms with Crippen LogP contribution >= 0.6 is 0 Å². The third-order valence-corrected chi connectivity index (χ3v) is 3.17. The molecular formula is C15H13NO2. The van der Waals surface area contributed by atoms with Crippen molar-refractivity contribution in [2.75, 3.05) is 5.32 Å². The van der Waals surface area contributed by atoms with Gasteiger partial charge in [0, 0.05) is 5.69 Å². The van der Waals surface area contributed by atoms with Crippen LogP contribution in [0.25, 0.3) is 11.1 Å². The molecule has 0 bridgehead atoms. The van der Waals surface area contributed by atoms with Gasteiger partial charge in [-0.3, -0.25) is 4.79 Å². The van der Waals surface area contributed by atoms with Crippen molar-refractivity contribution < 1.29 is 9.90 Å². The average molecular weight is 239 g/mol. The molecule has 2 N–H and O–H groups in total. The SMILES string of the molecule is O=C1Cc2cc(-c3cccc(CO)c3)ccc2N1. The number of hydrogen-bond acceptors (Lipinski definition) is 2. The standard InChI is InChI=1S/C15H13NO2/c17-9-10-2-1-3-11(6-10)12-4-5-14-13(7-12)8-15(18)16-14/h1-7,17H,8-9H2,(H,16,18). The van der Waals surface area contributed by atoms with Crippen molar-refractivity contribution in [3.63, 3.8) is 0 Å². The Morgan fingerprint density at radius 1 is 1.11 bits per heavy atom. The van der Waals surface area contributed by atoms with Crippen molar-refractivity contribution in [2.45, 2.75) is 13.0 Å². The van der Waals surface area contributed by atoms with Gasteiger partial charge in [0.25, 0.3) is 0 Å². The van der Waals surface area contributed by atoms with E-state index in [9.17, 15) is 4.79 Å². The highest BCUT2D eigenvalue weighted by atomic mass is 16.3. The minimum atomic E-state index is 0.0405. The van der Waals surface area contributed by atoms with E-state index in [4.69, 9.17) is 5.11 Å². The van der Waals surface area contributed by atoms with Crippen molar-refractivity contribution >= 4 is 11.6 Å². The fourth-order valence-corrected chi connectivity index (χ4v) is 2.26. The molecule has 0 unspecified atom stereocenters. The van der Waals surface area contributed by atoms with Crippen molar-refractivity contribution in [3.8, 4) is 11.1 Å². The molecule has 1 aliphatic rings. The topological polar surface area (TPSA) is 49.3 Å². The minimum Gasteiger partial charge on any atom is -0.392 e. The first-order chi connectivity index (χ1) is 8.76. The fourth-order valence-electron chi connectivity index (χ4n) is 2.26. The molecule has 0 aliphatic carbocycles. The second kappa shape index (κ2) is 4.27. The number of benzene rings is 2. The first-order valence-electron chi connectivity index (χ1n) is 5.89. The van der Waals surface area contributed by atoms with Gasteiger partial charge in [0.05, 0.1) is 13.0 Å². The molecule has 3 rings (SSSR count). The van der Waals surface area contributed by atoms with Gasteiger partial charge < -0.3 is 10.4 Å². The second-order valence-electron chi connectivity index (χ2n) is 4.46. The molecule has 1 amide bonds. The molecule has 0 fully saturated rings. The van der Waals surface area contributed by atoms with Gasteiger partial charge in [-0.25, -0.2) is 0 Å². The smallest absolute Gasteiger partial charge is 0.228 e. The molecule has 2 aromatic rings. The summed E-state index contributed by atoms with van der Waals surface area (Å²) in [5, 5.41) is 12.0. The van der Waals surface area contributed by atoms with Crippen LogP contribution in [0, 0.1) is 0 Å². The zero-order valence-electron chi connectivity index (χ0n) is 9.81. The van der Waals surface area contributed by atoms with Crippen LogP contribution in [-0.2, 0) is 17.8 Å². The molecule has 3 nitrogen and oxygen atoms in total. The summed E-state index contributed by atoms with van der Waals surface area (Å²) in [6, 6.07) is 13.7. The van der Waals surface area contributed by atoms with Crippen molar-refractivity contribution in [3.05, 3.63) is 53.6 Å². The van der Waals surface area contributed by atoms with E-state index >= 15 is 0 Å². The Kier molecular flexibility index (Phi) is 2.61. The number of rotatable bonds is 2. The highest BCUT2D eigenvalue weighted by molar-refractivity contribution is 5.99. The molecule has 90 valence electrons. The van der Waals surface area contributed by atoms with Crippen molar-refractivity contribution in [1.29, 1.82) is 0 Å². The summed E-state index contributed by atoms with van der Waals surface area (Å²) in [5.74, 6) is 0.0475. The van der Waals surface area contributed by atoms with Crippen LogP contribution in [0.2, 0.25) is 0 Å². The van der Waals surface area contributed by atoms with Crippen LogP contribution in [0.4, 0.5) is 5.69 Å². The molecule has 0 saturated heterocycles. The molecule has 1 aliphatic heterocycles. The molecule has 0 atom stereocenters. The van der Waals surface area contributed by atoms with E-state index in [0.29, 0.717) is 6.42 Å². The molecule has 0 spiro atoms. The zero-order chi connectivity index (χ0) is 12.5. The molecule has 0 radical (unpaired) electrons. The van der Waals surface area contributed by atoms with Crippen LogP contribution in [0.1, 0.15) is 11.1 Å². The fraction of sp³-hybridized carbons (Fsp3) is 0.133. The second-order valence-corrected chi connectivity index (χ2v) is 4.46. The predicted octanol–water partition coefficient (Wildman–Crippen LogP) is 2.34. The van der Waals surface area contributed by atoms with Crippen LogP contribution < -0.4 is 5.32 Å². The number of carbonyl (C=O) groups excluding carboxylic acids is 1. The van der Waals surface area contributed by atoms with Gasteiger partial charge in [-0.15, -0.1) is 0 Å². The summed E-state index contributed by atoms with van der Waals surface area (Å²) >= 11 is 0. The van der Waals surface area contributed by atoms with Crippen LogP contribution in [0.15, 0.2) is 42.5 Å². The molecular weight excluding hydrogens is 226 g/mol. The number of nitrogens with one attached hydrogen (secondary N) is 1. The molecule has 1 heterocycles. The molecule has 3 heteroatoms. The van der Waals surface area contributed by atoms with E-state index < -0.39 is 0 Å². The molecule has 0 saturated carbocycles. The maximum absolute atomic E-state index is 11.3. The number of hydrogen-bond donors (Lipinski definition) is 2. The summed E-state index contributed by atoms with van der Waals surface area (Å²) in [5.41, 5.74) is 4.96. The Hall–Kier alpha value is -2.13. The normalized spacial score (nSPS) is 13.3. The molecule has 0 aromatic heterocycles. The lowest BCUT2D eigenvalue weighted by Gasteiger charge is -2.06. The Morgan fingerprint density at radius 2 is 1.94 bits per heavy atom. The quantitative estimate of drug-likeness (QED) is 0.845. The van der Waals surface area contributed by atoms with Crippen molar-refractivity contribution in [1.82, 2.24) is 0 Å². The Bertz CT molecular complexity index is 620. The van der Waals surface area contributed by atoms with E-state index in [1.165, 1.54) is 0 Å². The van der Waals surface area contributed by atoms with Gasteiger partial charge in [0.15, 0.2) is 0 Å². The number of amides is 1. The van der Waals surface area contributed by atoms with Crippen LogP contribution in [0.5, 0.6) is 0 Å². The summed E-state index contributed by atoms with van der Waals surface area (Å²) in [6.45, 7) is 0.0405. The summed E-state index contributed by atoms with van der Waals surface area (Å²) < 4.78 is 0. The predicted molar refractivity (Wildman–Crippen MR) is 70.1 cm³/mol. The van der Waals surface area contributed by atoms with E-state index in [0.717, 1.165) is 27.9 Å². The number of fused-ring (bicyclic) bond motifs is 1. The Labute approximate surface area is 105 Å². The van der Waals surface area contributed by atoms with E-state index in [1.54, 1.807) is 0 Å². The highest BCUT2D eigenvalue weighted by Crippen LogP contribution is 2.29. The van der Waals surface area contributed by atoms with Gasteiger partial charge >= 0.3 is 0 Å². The van der Waals surface area contributed by atoms with E-state index in [-0.39, 0.29) is 12.5 Å². The molecule has 2 aromatic carbocycles. The van der Waals surface area contributed by atoms with Crippen molar-refractivity contribution in [2.24, 2.45) is 0 Å². The third-order valence-electron chi connectivity index (χ3n) is 3.17. The van der Waals surface area contributed by atoms with E-state index in [1.807, 2.05) is 42.5 Å². The number of anilines is 1. The van der Waals surface area contributed by atoms with Gasteiger partial charge in [0.1, 0.15) is 0 Å². The summed E-state index contributed by atoms with van der Waals surface area (Å²) in [4.78, 5) is 11.3. The monoisotopic (exact) mass is 239 g/mol. The van der Waals surface area contributed by atoms with Crippen LogP contribution in [-0.4, -0.2) is 11.0 Å². The largest absolute Gasteiger partial charge is 0.392 e. The molecule has 18 heavy (non-hydrogen) atoms. The lowest BCUT2D eigenvalue weighted by molar-refractivity contribution is -0.115. The lowest BCUT2D eigenvalue weighted by atomic mass is 10.0. The number of carbonyl (C=O) groups is 1. The first-order valence-corrected chi connectivity index (χ1v) is 5.89. The lowest BCUT2D eigenvalue weighted by Crippen LogP contribution is -2.03. The highest BCUT2D eigenvalue weighted by Gasteiger charge is 2.17. The van der Waals surface area contributed by atoms with Gasteiger partial charge in [-0.2, -0.15) is 0 Å². The summed E-state index contributed by atoms with van der Waals surface area (Å²) in [6.07, 6.45) is 0.447. The van der Waals surface area contributed by atoms with Gasteiger partial charge in [-0.05, 0) is 40.5 Å². The Balaban J connectivity index is 2.02. The minimum absolute atomic E-state index is 0.0405. The van der Waals surface area contributed by atoms with Gasteiger partial charge in [0.2, 0.25) is 5.91 Å². The van der Waals surface area contributed by atoms with E-state index in [2.05, 4.69) is 5.32 Å². The Morgan fingerprint density at radius 3 is 2.78 bits per heavy atom. The summed E-state index contributed by atoms with van der Waals surface area (Å²) in [7, 11) is 0. The maximum Gasteiger partial charge on any atom is 0.228 e. The number of aliphatic hydroxyl groups is 1. The maximum atomic E-state index is 11.3. The first kappa shape index (κ1) is 11.0. The van der Waals surface area contributed by atoms with Crippen LogP contribution in [0.3, 0.4) is 0 Å². The van der Waals surface area contributed by atoms with Gasteiger partial charge in [-0.1, -0.05) is 24.3 Å². The zero-order valence-corrected chi connectivity index (χ0v) is 9.81. The third kappa shape index (κ3) is 1.89. The number of aliphatic hydroxyl groups excluding tert-OH is 1.